The Bertz CT molecular complexity index is 278. The molecular formula is C13H22BrF2NO. The highest BCUT2D eigenvalue weighted by Gasteiger charge is 2.37. The van der Waals surface area contributed by atoms with Crippen molar-refractivity contribution in [2.75, 3.05) is 25.0 Å². The topological polar surface area (TPSA) is 12.5 Å². The van der Waals surface area contributed by atoms with Crippen LogP contribution in [0.1, 0.15) is 32.6 Å². The second-order valence-electron chi connectivity index (χ2n) is 5.76. The molecule has 2 rings (SSSR count). The van der Waals surface area contributed by atoms with Gasteiger partial charge in [0.2, 0.25) is 5.92 Å². The summed E-state index contributed by atoms with van der Waals surface area (Å²) in [6.07, 6.45) is 2.15. The van der Waals surface area contributed by atoms with Crippen LogP contribution in [-0.2, 0) is 4.74 Å². The van der Waals surface area contributed by atoms with Crippen LogP contribution in [0, 0.1) is 5.92 Å². The van der Waals surface area contributed by atoms with Crippen LogP contribution in [0.2, 0.25) is 0 Å². The summed E-state index contributed by atoms with van der Waals surface area (Å²) in [5.74, 6) is -2.29. The molecule has 5 heteroatoms. The van der Waals surface area contributed by atoms with Gasteiger partial charge >= 0.3 is 0 Å². The molecule has 2 aliphatic rings. The molecule has 0 spiro atoms. The number of ether oxygens (including phenoxy) is 1. The molecular weight excluding hydrogens is 304 g/mol. The first-order chi connectivity index (χ1) is 8.48. The Balaban J connectivity index is 1.84. The average molecular weight is 326 g/mol. The van der Waals surface area contributed by atoms with E-state index in [-0.39, 0.29) is 31.0 Å². The molecule has 0 aromatic rings. The monoisotopic (exact) mass is 325 g/mol. The molecule has 1 saturated heterocycles. The van der Waals surface area contributed by atoms with Gasteiger partial charge in [0.1, 0.15) is 0 Å². The van der Waals surface area contributed by atoms with E-state index in [2.05, 4.69) is 27.8 Å². The Morgan fingerprint density at radius 3 is 2.83 bits per heavy atom. The molecule has 0 aromatic carbocycles. The van der Waals surface area contributed by atoms with Crippen LogP contribution < -0.4 is 0 Å². The molecule has 0 bridgehead atoms. The molecule has 1 heterocycles. The maximum absolute atomic E-state index is 13.4. The van der Waals surface area contributed by atoms with E-state index < -0.39 is 5.92 Å². The molecule has 0 amide bonds. The lowest BCUT2D eigenvalue weighted by Gasteiger charge is -2.39. The summed E-state index contributed by atoms with van der Waals surface area (Å²) in [5.41, 5.74) is 0. The Morgan fingerprint density at radius 2 is 2.17 bits per heavy atom. The lowest BCUT2D eigenvalue weighted by atomic mass is 9.86. The van der Waals surface area contributed by atoms with Crippen molar-refractivity contribution < 1.29 is 13.5 Å². The smallest absolute Gasteiger partial charge is 0.248 e. The number of halogens is 3. The van der Waals surface area contributed by atoms with Crippen molar-refractivity contribution in [3.8, 4) is 0 Å². The molecule has 106 valence electrons. The van der Waals surface area contributed by atoms with Crippen molar-refractivity contribution in [3.05, 3.63) is 0 Å². The first-order valence-electron chi connectivity index (χ1n) is 6.80. The Labute approximate surface area is 116 Å². The lowest BCUT2D eigenvalue weighted by Crippen LogP contribution is -2.49. The Kier molecular flexibility index (Phi) is 5.00. The van der Waals surface area contributed by atoms with Gasteiger partial charge in [-0.2, -0.15) is 0 Å². The fraction of sp³-hybridized carbons (Fsp3) is 1.00. The molecule has 3 unspecified atom stereocenters. The standard InChI is InChI=1S/C13H22BrF2NO/c1-10-7-17(9-12(6-14)18-10)8-11-3-2-4-13(15,16)5-11/h10-12H,2-9H2,1H3. The van der Waals surface area contributed by atoms with E-state index in [0.717, 1.165) is 31.4 Å². The van der Waals surface area contributed by atoms with E-state index in [1.165, 1.54) is 0 Å². The second-order valence-corrected chi connectivity index (χ2v) is 6.41. The normalized spacial score (nSPS) is 37.7. The predicted molar refractivity (Wildman–Crippen MR) is 71.5 cm³/mol. The van der Waals surface area contributed by atoms with E-state index in [0.29, 0.717) is 6.42 Å². The van der Waals surface area contributed by atoms with Crippen LogP contribution in [-0.4, -0.2) is 48.0 Å². The number of hydrogen-bond donors (Lipinski definition) is 0. The van der Waals surface area contributed by atoms with Crippen LogP contribution in [0.4, 0.5) is 8.78 Å². The minimum Gasteiger partial charge on any atom is -0.372 e. The highest BCUT2D eigenvalue weighted by molar-refractivity contribution is 9.09. The summed E-state index contributed by atoms with van der Waals surface area (Å²) < 4.78 is 32.5. The zero-order valence-corrected chi connectivity index (χ0v) is 12.5. The zero-order chi connectivity index (χ0) is 13.2. The van der Waals surface area contributed by atoms with Crippen molar-refractivity contribution in [2.45, 2.75) is 50.7 Å². The van der Waals surface area contributed by atoms with Gasteiger partial charge in [-0.1, -0.05) is 15.9 Å². The average Bonchev–Trinajstić information content (AvgIpc) is 2.26. The number of morpholine rings is 1. The first-order valence-corrected chi connectivity index (χ1v) is 7.92. The third kappa shape index (κ3) is 4.14. The minimum atomic E-state index is -2.43. The third-order valence-electron chi connectivity index (χ3n) is 3.83. The summed E-state index contributed by atoms with van der Waals surface area (Å²) in [4.78, 5) is 2.30. The number of hydrogen-bond acceptors (Lipinski definition) is 2. The van der Waals surface area contributed by atoms with Crippen LogP contribution in [0.3, 0.4) is 0 Å². The van der Waals surface area contributed by atoms with Gasteiger partial charge in [0.25, 0.3) is 0 Å². The molecule has 1 aliphatic carbocycles. The summed E-state index contributed by atoms with van der Waals surface area (Å²) in [5, 5.41) is 0.814. The molecule has 1 saturated carbocycles. The molecule has 1 aliphatic heterocycles. The van der Waals surface area contributed by atoms with Crippen LogP contribution in [0.15, 0.2) is 0 Å². The summed E-state index contributed by atoms with van der Waals surface area (Å²) in [7, 11) is 0. The van der Waals surface area contributed by atoms with Crippen LogP contribution in [0.25, 0.3) is 0 Å². The van der Waals surface area contributed by atoms with Crippen molar-refractivity contribution in [1.82, 2.24) is 4.90 Å². The third-order valence-corrected chi connectivity index (χ3v) is 4.55. The Morgan fingerprint density at radius 1 is 1.39 bits per heavy atom. The van der Waals surface area contributed by atoms with Gasteiger partial charge in [-0.05, 0) is 25.7 Å². The molecule has 18 heavy (non-hydrogen) atoms. The maximum Gasteiger partial charge on any atom is 0.248 e. The van der Waals surface area contributed by atoms with Gasteiger partial charge < -0.3 is 4.74 Å². The SMILES string of the molecule is CC1CN(CC2CCCC(F)(F)C2)CC(CBr)O1. The van der Waals surface area contributed by atoms with Gasteiger partial charge in [0, 0.05) is 37.8 Å². The van der Waals surface area contributed by atoms with Gasteiger partial charge in [0.15, 0.2) is 0 Å². The van der Waals surface area contributed by atoms with Gasteiger partial charge in [-0.3, -0.25) is 4.90 Å². The number of rotatable bonds is 3. The van der Waals surface area contributed by atoms with E-state index in [9.17, 15) is 8.78 Å². The molecule has 2 nitrogen and oxygen atoms in total. The molecule has 0 N–H and O–H groups in total. The minimum absolute atomic E-state index is 0.0672. The summed E-state index contributed by atoms with van der Waals surface area (Å²) in [6.45, 7) is 4.58. The van der Waals surface area contributed by atoms with Crippen LogP contribution >= 0.6 is 15.9 Å². The van der Waals surface area contributed by atoms with Crippen molar-refractivity contribution in [2.24, 2.45) is 5.92 Å². The summed E-state index contributed by atoms with van der Waals surface area (Å²) in [6, 6.07) is 0. The highest BCUT2D eigenvalue weighted by atomic mass is 79.9. The molecule has 0 aromatic heterocycles. The van der Waals surface area contributed by atoms with Crippen molar-refractivity contribution in [3.63, 3.8) is 0 Å². The van der Waals surface area contributed by atoms with E-state index in [1.54, 1.807) is 0 Å². The van der Waals surface area contributed by atoms with Crippen LogP contribution in [0.5, 0.6) is 0 Å². The maximum atomic E-state index is 13.4. The highest BCUT2D eigenvalue weighted by Crippen LogP contribution is 2.37. The fourth-order valence-corrected chi connectivity index (χ4v) is 3.53. The van der Waals surface area contributed by atoms with E-state index in [1.807, 2.05) is 0 Å². The van der Waals surface area contributed by atoms with Crippen molar-refractivity contribution in [1.29, 1.82) is 0 Å². The Hall–Kier alpha value is 0.260. The number of alkyl halides is 3. The fourth-order valence-electron chi connectivity index (χ4n) is 3.17. The largest absolute Gasteiger partial charge is 0.372 e. The van der Waals surface area contributed by atoms with E-state index in [4.69, 9.17) is 4.74 Å². The zero-order valence-electron chi connectivity index (χ0n) is 10.9. The second kappa shape index (κ2) is 6.14. The lowest BCUT2D eigenvalue weighted by molar-refractivity contribution is -0.0853. The quantitative estimate of drug-likeness (QED) is 0.738. The summed E-state index contributed by atoms with van der Waals surface area (Å²) >= 11 is 3.44. The molecule has 3 atom stereocenters. The van der Waals surface area contributed by atoms with E-state index >= 15 is 0 Å². The van der Waals surface area contributed by atoms with Crippen molar-refractivity contribution >= 4 is 15.9 Å². The van der Waals surface area contributed by atoms with Gasteiger partial charge in [-0.15, -0.1) is 0 Å². The predicted octanol–water partition coefficient (Wildman–Crippen LogP) is 3.30. The van der Waals surface area contributed by atoms with Gasteiger partial charge in [0.05, 0.1) is 12.2 Å². The number of nitrogens with zero attached hydrogens (tertiary/aromatic N) is 1. The molecule has 0 radical (unpaired) electrons. The van der Waals surface area contributed by atoms with Gasteiger partial charge in [-0.25, -0.2) is 8.78 Å². The molecule has 2 fully saturated rings. The first kappa shape index (κ1) is 14.7.